The molecule has 0 aliphatic rings. The van der Waals surface area contributed by atoms with Crippen LogP contribution in [0.1, 0.15) is 18.2 Å². The molecule has 4 nitrogen and oxygen atoms in total. The van der Waals surface area contributed by atoms with E-state index in [1.54, 1.807) is 10.1 Å². The van der Waals surface area contributed by atoms with Crippen LogP contribution in [-0.4, -0.2) is 27.7 Å². The van der Waals surface area contributed by atoms with Crippen LogP contribution in [0.15, 0.2) is 16.3 Å². The molecule has 0 bridgehead atoms. The van der Waals surface area contributed by atoms with Crippen molar-refractivity contribution in [3.63, 3.8) is 0 Å². The van der Waals surface area contributed by atoms with Gasteiger partial charge in [-0.2, -0.15) is 13.2 Å². The summed E-state index contributed by atoms with van der Waals surface area (Å²) in [5.41, 5.74) is 0. The van der Waals surface area contributed by atoms with Crippen LogP contribution in [-0.2, 0) is 16.6 Å². The van der Waals surface area contributed by atoms with E-state index >= 15 is 0 Å². The molecule has 110 valence electrons. The molecule has 0 unspecified atom stereocenters. The lowest BCUT2D eigenvalue weighted by atomic mass is 10.4. The summed E-state index contributed by atoms with van der Waals surface area (Å²) in [5.74, 6) is 0. The number of sulfonamides is 1. The molecular weight excluding hydrogens is 301 g/mol. The fraction of sp³-hybridized carbons (Fsp3) is 0.600. The fourth-order valence-electron chi connectivity index (χ4n) is 1.33. The van der Waals surface area contributed by atoms with Gasteiger partial charge in [0.05, 0.1) is 4.90 Å². The minimum Gasteiger partial charge on any atom is -0.312 e. The van der Waals surface area contributed by atoms with Crippen molar-refractivity contribution < 1.29 is 21.6 Å². The van der Waals surface area contributed by atoms with Crippen LogP contribution in [0.2, 0.25) is 0 Å². The topological polar surface area (TPSA) is 58.2 Å². The number of thiophene rings is 1. The number of alkyl halides is 3. The van der Waals surface area contributed by atoms with Crippen molar-refractivity contribution in [2.24, 2.45) is 0 Å². The van der Waals surface area contributed by atoms with Crippen LogP contribution in [0, 0.1) is 0 Å². The van der Waals surface area contributed by atoms with E-state index in [1.807, 2.05) is 6.92 Å². The molecule has 2 N–H and O–H groups in total. The molecule has 0 aliphatic carbocycles. The van der Waals surface area contributed by atoms with Crippen LogP contribution in [0.25, 0.3) is 0 Å². The molecule has 0 aromatic carbocycles. The van der Waals surface area contributed by atoms with Gasteiger partial charge in [0.25, 0.3) is 0 Å². The first-order valence-electron chi connectivity index (χ1n) is 5.60. The van der Waals surface area contributed by atoms with Gasteiger partial charge in [-0.25, -0.2) is 13.1 Å². The Labute approximate surface area is 114 Å². The summed E-state index contributed by atoms with van der Waals surface area (Å²) in [6.07, 6.45) is -3.68. The van der Waals surface area contributed by atoms with Crippen molar-refractivity contribution >= 4 is 21.4 Å². The minimum absolute atomic E-state index is 0.0923. The van der Waals surface area contributed by atoms with Crippen LogP contribution >= 0.6 is 11.3 Å². The third kappa shape index (κ3) is 5.47. The summed E-state index contributed by atoms with van der Waals surface area (Å²) in [4.78, 5) is 0.411. The fourth-order valence-corrected chi connectivity index (χ4v) is 3.76. The Morgan fingerprint density at radius 1 is 1.37 bits per heavy atom. The Kier molecular flexibility index (Phi) is 5.78. The maximum absolute atomic E-state index is 12.0. The van der Waals surface area contributed by atoms with E-state index in [2.05, 4.69) is 5.32 Å². The molecule has 0 spiro atoms. The van der Waals surface area contributed by atoms with Crippen molar-refractivity contribution in [1.29, 1.82) is 0 Å². The number of rotatable bonds is 7. The molecule has 0 saturated heterocycles. The molecule has 9 heteroatoms. The van der Waals surface area contributed by atoms with Crippen molar-refractivity contribution in [1.82, 2.24) is 10.0 Å². The molecule has 1 aromatic heterocycles. The second kappa shape index (κ2) is 6.69. The zero-order valence-corrected chi connectivity index (χ0v) is 11.9. The van der Waals surface area contributed by atoms with Gasteiger partial charge in [0.1, 0.15) is 6.54 Å². The lowest BCUT2D eigenvalue weighted by Gasteiger charge is -2.10. The van der Waals surface area contributed by atoms with Gasteiger partial charge >= 0.3 is 6.18 Å². The predicted octanol–water partition coefficient (Wildman–Crippen LogP) is 2.09. The predicted molar refractivity (Wildman–Crippen MR) is 67.6 cm³/mol. The summed E-state index contributed by atoms with van der Waals surface area (Å²) >= 11 is 1.20. The molecule has 0 saturated carbocycles. The maximum Gasteiger partial charge on any atom is 0.402 e. The Morgan fingerprint density at radius 2 is 2.05 bits per heavy atom. The number of halogens is 3. The first-order valence-corrected chi connectivity index (χ1v) is 7.96. The Hall–Kier alpha value is -0.640. The Balaban J connectivity index is 2.75. The van der Waals surface area contributed by atoms with E-state index in [9.17, 15) is 21.6 Å². The van der Waals surface area contributed by atoms with Crippen LogP contribution < -0.4 is 10.0 Å². The highest BCUT2D eigenvalue weighted by molar-refractivity contribution is 7.89. The van der Waals surface area contributed by atoms with E-state index in [-0.39, 0.29) is 4.90 Å². The molecule has 0 fully saturated rings. The van der Waals surface area contributed by atoms with Gasteiger partial charge in [0.2, 0.25) is 10.0 Å². The zero-order chi connectivity index (χ0) is 14.5. The van der Waals surface area contributed by atoms with E-state index in [0.29, 0.717) is 18.0 Å². The average molecular weight is 316 g/mol. The summed E-state index contributed by atoms with van der Waals surface area (Å²) in [6.45, 7) is 1.44. The van der Waals surface area contributed by atoms with Crippen LogP contribution in [0.4, 0.5) is 13.2 Å². The van der Waals surface area contributed by atoms with Crippen LogP contribution in [0.5, 0.6) is 0 Å². The highest BCUT2D eigenvalue weighted by Gasteiger charge is 2.30. The number of hydrogen-bond acceptors (Lipinski definition) is 4. The van der Waals surface area contributed by atoms with Crippen molar-refractivity contribution in [2.75, 3.05) is 13.1 Å². The molecule has 19 heavy (non-hydrogen) atoms. The molecule has 0 radical (unpaired) electrons. The largest absolute Gasteiger partial charge is 0.402 e. The van der Waals surface area contributed by atoms with Gasteiger partial charge in [0.15, 0.2) is 0 Å². The average Bonchev–Trinajstić information content (AvgIpc) is 2.75. The highest BCUT2D eigenvalue weighted by Crippen LogP contribution is 2.22. The number of nitrogens with one attached hydrogen (secondary N) is 2. The van der Waals surface area contributed by atoms with Gasteiger partial charge < -0.3 is 5.32 Å². The summed E-state index contributed by atoms with van der Waals surface area (Å²) in [5, 5.41) is 4.57. The zero-order valence-electron chi connectivity index (χ0n) is 10.3. The van der Waals surface area contributed by atoms with Crippen molar-refractivity contribution in [2.45, 2.75) is 31.0 Å². The van der Waals surface area contributed by atoms with E-state index < -0.39 is 22.7 Å². The number of hydrogen-bond donors (Lipinski definition) is 2. The van der Waals surface area contributed by atoms with Crippen molar-refractivity contribution in [3.05, 3.63) is 16.3 Å². The second-order valence-electron chi connectivity index (χ2n) is 3.82. The summed E-state index contributed by atoms with van der Waals surface area (Å²) < 4.78 is 61.2. The van der Waals surface area contributed by atoms with Gasteiger partial charge in [-0.15, -0.1) is 11.3 Å². The van der Waals surface area contributed by atoms with Crippen molar-refractivity contribution in [3.8, 4) is 0 Å². The van der Waals surface area contributed by atoms with Gasteiger partial charge in [-0.1, -0.05) is 6.92 Å². The first kappa shape index (κ1) is 16.4. The van der Waals surface area contributed by atoms with E-state index in [1.165, 1.54) is 17.4 Å². The SMILES string of the molecule is CCCNCc1sccc1S(=O)(=O)NCC(F)(F)F. The molecule has 1 aromatic rings. The first-order chi connectivity index (χ1) is 8.76. The summed E-state index contributed by atoms with van der Waals surface area (Å²) in [6, 6.07) is 1.31. The third-order valence-electron chi connectivity index (χ3n) is 2.17. The van der Waals surface area contributed by atoms with E-state index in [4.69, 9.17) is 0 Å². The van der Waals surface area contributed by atoms with Gasteiger partial charge in [0, 0.05) is 11.4 Å². The molecule has 1 rings (SSSR count). The molecular formula is C10H15F3N2O2S2. The monoisotopic (exact) mass is 316 g/mol. The minimum atomic E-state index is -4.57. The second-order valence-corrected chi connectivity index (χ2v) is 6.56. The Morgan fingerprint density at radius 3 is 2.63 bits per heavy atom. The molecule has 0 aliphatic heterocycles. The van der Waals surface area contributed by atoms with E-state index in [0.717, 1.165) is 6.42 Å². The standard InChI is InChI=1S/C10H15F3N2O2S2/c1-2-4-14-6-8-9(3-5-18-8)19(16,17)15-7-10(11,12)13/h3,5,14-15H,2,4,6-7H2,1H3. The molecule has 0 atom stereocenters. The normalized spacial score (nSPS) is 12.8. The van der Waals surface area contributed by atoms with Crippen LogP contribution in [0.3, 0.4) is 0 Å². The molecule has 1 heterocycles. The van der Waals surface area contributed by atoms with Gasteiger partial charge in [-0.05, 0) is 24.4 Å². The Bertz CT molecular complexity index is 497. The van der Waals surface area contributed by atoms with Gasteiger partial charge in [-0.3, -0.25) is 0 Å². The summed E-state index contributed by atoms with van der Waals surface area (Å²) in [7, 11) is -4.12. The third-order valence-corrected chi connectivity index (χ3v) is 4.71. The lowest BCUT2D eigenvalue weighted by molar-refractivity contribution is -0.121. The smallest absolute Gasteiger partial charge is 0.312 e. The lowest BCUT2D eigenvalue weighted by Crippen LogP contribution is -2.34. The maximum atomic E-state index is 12.0. The highest BCUT2D eigenvalue weighted by atomic mass is 32.2. The quantitative estimate of drug-likeness (QED) is 0.757. The molecule has 0 amide bonds.